The summed E-state index contributed by atoms with van der Waals surface area (Å²) < 4.78 is 0. The average molecular weight is 198 g/mol. The van der Waals surface area contributed by atoms with Gasteiger partial charge in [0.15, 0.2) is 0 Å². The molecule has 2 aromatic rings. The number of hydrogen-bond donors (Lipinski definition) is 1. The number of benzene rings is 1. The lowest BCUT2D eigenvalue weighted by Gasteiger charge is -2.04. The molecule has 0 radical (unpaired) electrons. The van der Waals surface area contributed by atoms with Crippen LogP contribution < -0.4 is 5.32 Å². The normalized spacial score (nSPS) is 10.0. The SMILES string of the molecule is CNc1ccnc(-c2cccc(C)c2)c1. The molecule has 0 saturated carbocycles. The van der Waals surface area contributed by atoms with E-state index in [4.69, 9.17) is 0 Å². The molecule has 2 heteroatoms. The monoisotopic (exact) mass is 198 g/mol. The Bertz CT molecular complexity index is 464. The molecule has 1 aromatic heterocycles. The van der Waals surface area contributed by atoms with Crippen molar-refractivity contribution in [2.24, 2.45) is 0 Å². The highest BCUT2D eigenvalue weighted by molar-refractivity contribution is 5.64. The Balaban J connectivity index is 2.44. The summed E-state index contributed by atoms with van der Waals surface area (Å²) in [5.41, 5.74) is 4.50. The summed E-state index contributed by atoms with van der Waals surface area (Å²) in [4.78, 5) is 4.36. The minimum Gasteiger partial charge on any atom is -0.388 e. The van der Waals surface area contributed by atoms with Gasteiger partial charge in [0.1, 0.15) is 0 Å². The molecular weight excluding hydrogens is 184 g/mol. The number of pyridine rings is 1. The highest BCUT2D eigenvalue weighted by atomic mass is 14.8. The van der Waals surface area contributed by atoms with Gasteiger partial charge in [0, 0.05) is 24.5 Å². The van der Waals surface area contributed by atoms with Gasteiger partial charge < -0.3 is 5.32 Å². The fourth-order valence-corrected chi connectivity index (χ4v) is 1.55. The van der Waals surface area contributed by atoms with E-state index in [1.54, 1.807) is 0 Å². The predicted octanol–water partition coefficient (Wildman–Crippen LogP) is 3.10. The standard InChI is InChI=1S/C13H14N2/c1-10-4-3-5-11(8-10)13-9-12(14-2)6-7-15-13/h3-9H,1-2H3,(H,14,15). The van der Waals surface area contributed by atoms with E-state index in [9.17, 15) is 0 Å². The molecule has 1 heterocycles. The number of hydrogen-bond acceptors (Lipinski definition) is 2. The highest BCUT2D eigenvalue weighted by Crippen LogP contribution is 2.20. The summed E-state index contributed by atoms with van der Waals surface area (Å²) in [5.74, 6) is 0. The first kappa shape index (κ1) is 9.71. The summed E-state index contributed by atoms with van der Waals surface area (Å²) in [6.07, 6.45) is 1.82. The number of aryl methyl sites for hydroxylation is 1. The number of rotatable bonds is 2. The average Bonchev–Trinajstić information content (AvgIpc) is 2.29. The summed E-state index contributed by atoms with van der Waals surface area (Å²) >= 11 is 0. The minimum absolute atomic E-state index is 1.01. The summed E-state index contributed by atoms with van der Waals surface area (Å²) in [6, 6.07) is 12.4. The maximum Gasteiger partial charge on any atom is 0.0722 e. The predicted molar refractivity (Wildman–Crippen MR) is 64.0 cm³/mol. The molecule has 0 fully saturated rings. The van der Waals surface area contributed by atoms with Crippen LogP contribution in [-0.2, 0) is 0 Å². The molecule has 0 atom stereocenters. The Morgan fingerprint density at radius 1 is 1.13 bits per heavy atom. The molecule has 0 bridgehead atoms. The molecular formula is C13H14N2. The van der Waals surface area contributed by atoms with Crippen LogP contribution in [0.25, 0.3) is 11.3 Å². The second kappa shape index (κ2) is 4.13. The molecule has 1 N–H and O–H groups in total. The molecule has 0 aliphatic rings. The zero-order chi connectivity index (χ0) is 10.7. The lowest BCUT2D eigenvalue weighted by molar-refractivity contribution is 1.31. The van der Waals surface area contributed by atoms with Crippen molar-refractivity contribution >= 4 is 5.69 Å². The topological polar surface area (TPSA) is 24.9 Å². The molecule has 0 saturated heterocycles. The maximum atomic E-state index is 4.36. The highest BCUT2D eigenvalue weighted by Gasteiger charge is 1.99. The molecule has 15 heavy (non-hydrogen) atoms. The second-order valence-corrected chi connectivity index (χ2v) is 3.55. The van der Waals surface area contributed by atoms with Crippen LogP contribution in [0.2, 0.25) is 0 Å². The fraction of sp³-hybridized carbons (Fsp3) is 0.154. The third kappa shape index (κ3) is 2.15. The van der Waals surface area contributed by atoms with E-state index in [0.717, 1.165) is 16.9 Å². The van der Waals surface area contributed by atoms with Crippen LogP contribution in [-0.4, -0.2) is 12.0 Å². The van der Waals surface area contributed by atoms with Gasteiger partial charge in [-0.1, -0.05) is 23.8 Å². The van der Waals surface area contributed by atoms with E-state index in [-0.39, 0.29) is 0 Å². The Morgan fingerprint density at radius 2 is 2.00 bits per heavy atom. The fourth-order valence-electron chi connectivity index (χ4n) is 1.55. The third-order valence-electron chi connectivity index (χ3n) is 2.36. The lowest BCUT2D eigenvalue weighted by atomic mass is 10.1. The van der Waals surface area contributed by atoms with Crippen LogP contribution in [0, 0.1) is 6.92 Å². The van der Waals surface area contributed by atoms with Crippen LogP contribution in [0.3, 0.4) is 0 Å². The van der Waals surface area contributed by atoms with Gasteiger partial charge in [-0.3, -0.25) is 4.98 Å². The number of anilines is 1. The molecule has 1 aromatic carbocycles. The van der Waals surface area contributed by atoms with Crippen molar-refractivity contribution in [2.75, 3.05) is 12.4 Å². The van der Waals surface area contributed by atoms with E-state index in [0.29, 0.717) is 0 Å². The zero-order valence-corrected chi connectivity index (χ0v) is 8.99. The van der Waals surface area contributed by atoms with Crippen LogP contribution in [0.1, 0.15) is 5.56 Å². The lowest BCUT2D eigenvalue weighted by Crippen LogP contribution is -1.90. The number of aromatic nitrogens is 1. The van der Waals surface area contributed by atoms with Crippen LogP contribution in [0.4, 0.5) is 5.69 Å². The van der Waals surface area contributed by atoms with E-state index in [1.165, 1.54) is 5.56 Å². The van der Waals surface area contributed by atoms with Crippen molar-refractivity contribution in [3.8, 4) is 11.3 Å². The van der Waals surface area contributed by atoms with Gasteiger partial charge in [-0.05, 0) is 25.1 Å². The zero-order valence-electron chi connectivity index (χ0n) is 8.99. The van der Waals surface area contributed by atoms with E-state index >= 15 is 0 Å². The van der Waals surface area contributed by atoms with E-state index in [2.05, 4.69) is 47.6 Å². The van der Waals surface area contributed by atoms with Gasteiger partial charge in [0.05, 0.1) is 5.69 Å². The first-order chi connectivity index (χ1) is 7.29. The van der Waals surface area contributed by atoms with Crippen molar-refractivity contribution in [2.45, 2.75) is 6.92 Å². The molecule has 0 spiro atoms. The van der Waals surface area contributed by atoms with Gasteiger partial charge >= 0.3 is 0 Å². The van der Waals surface area contributed by atoms with Crippen LogP contribution in [0.5, 0.6) is 0 Å². The van der Waals surface area contributed by atoms with Gasteiger partial charge in [0.25, 0.3) is 0 Å². The Kier molecular flexibility index (Phi) is 2.68. The molecule has 76 valence electrons. The Hall–Kier alpha value is -1.83. The Morgan fingerprint density at radius 3 is 2.73 bits per heavy atom. The molecule has 0 unspecified atom stereocenters. The first-order valence-corrected chi connectivity index (χ1v) is 5.00. The van der Waals surface area contributed by atoms with Crippen molar-refractivity contribution < 1.29 is 0 Å². The second-order valence-electron chi connectivity index (χ2n) is 3.55. The molecule has 0 aliphatic heterocycles. The Labute approximate surface area is 90.0 Å². The van der Waals surface area contributed by atoms with Crippen molar-refractivity contribution in [3.05, 3.63) is 48.2 Å². The molecule has 0 amide bonds. The van der Waals surface area contributed by atoms with Gasteiger partial charge in [-0.15, -0.1) is 0 Å². The van der Waals surface area contributed by atoms with Gasteiger partial charge in [-0.2, -0.15) is 0 Å². The van der Waals surface area contributed by atoms with Gasteiger partial charge in [0.2, 0.25) is 0 Å². The van der Waals surface area contributed by atoms with Crippen LogP contribution in [0.15, 0.2) is 42.6 Å². The van der Waals surface area contributed by atoms with Crippen molar-refractivity contribution in [1.82, 2.24) is 4.98 Å². The molecule has 0 aliphatic carbocycles. The van der Waals surface area contributed by atoms with Crippen molar-refractivity contribution in [3.63, 3.8) is 0 Å². The summed E-state index contributed by atoms with van der Waals surface area (Å²) in [5, 5.41) is 3.11. The largest absolute Gasteiger partial charge is 0.388 e. The number of nitrogens with zero attached hydrogens (tertiary/aromatic N) is 1. The van der Waals surface area contributed by atoms with E-state index < -0.39 is 0 Å². The quantitative estimate of drug-likeness (QED) is 0.802. The molecule has 2 nitrogen and oxygen atoms in total. The molecule has 2 rings (SSSR count). The maximum absolute atomic E-state index is 4.36. The smallest absolute Gasteiger partial charge is 0.0722 e. The minimum atomic E-state index is 1.01. The van der Waals surface area contributed by atoms with Gasteiger partial charge in [-0.25, -0.2) is 0 Å². The van der Waals surface area contributed by atoms with Crippen molar-refractivity contribution in [1.29, 1.82) is 0 Å². The summed E-state index contributed by atoms with van der Waals surface area (Å²) in [6.45, 7) is 2.09. The summed E-state index contributed by atoms with van der Waals surface area (Å²) in [7, 11) is 1.91. The number of nitrogens with one attached hydrogen (secondary N) is 1. The van der Waals surface area contributed by atoms with Crippen LogP contribution >= 0.6 is 0 Å². The third-order valence-corrected chi connectivity index (χ3v) is 2.36. The first-order valence-electron chi connectivity index (χ1n) is 5.00. The van der Waals surface area contributed by atoms with E-state index in [1.807, 2.05) is 19.3 Å².